The second kappa shape index (κ2) is 3.44. The molecule has 0 aromatic carbocycles. The van der Waals surface area contributed by atoms with Crippen molar-refractivity contribution in [3.05, 3.63) is 27.7 Å². The lowest BCUT2D eigenvalue weighted by atomic mass is 10.1. The Morgan fingerprint density at radius 2 is 2.07 bits per heavy atom. The summed E-state index contributed by atoms with van der Waals surface area (Å²) in [6.45, 7) is 0. The minimum Gasteiger partial charge on any atom is -0.396 e. The van der Waals surface area contributed by atoms with Gasteiger partial charge in [0, 0.05) is 6.07 Å². The largest absolute Gasteiger partial charge is 0.396 e. The number of halogens is 2. The van der Waals surface area contributed by atoms with Gasteiger partial charge in [-0.1, -0.05) is 0 Å². The molecule has 0 bridgehead atoms. The van der Waals surface area contributed by atoms with E-state index in [9.17, 15) is 18.4 Å². The van der Waals surface area contributed by atoms with E-state index >= 15 is 0 Å². The molecule has 1 amide bonds. The number of carbonyl (C=O) groups excluding carboxylic acids is 1. The molecule has 0 saturated carbocycles. The summed E-state index contributed by atoms with van der Waals surface area (Å²) in [6.07, 6.45) is -2.96. The van der Waals surface area contributed by atoms with Crippen molar-refractivity contribution in [1.29, 1.82) is 0 Å². The van der Waals surface area contributed by atoms with Crippen molar-refractivity contribution in [1.82, 2.24) is 4.98 Å². The zero-order valence-electron chi connectivity index (χ0n) is 6.88. The summed E-state index contributed by atoms with van der Waals surface area (Å²) in [6, 6.07) is 0.781. The van der Waals surface area contributed by atoms with Gasteiger partial charge in [-0.05, 0) is 0 Å². The third-order valence-electron chi connectivity index (χ3n) is 1.60. The van der Waals surface area contributed by atoms with Crippen molar-refractivity contribution >= 4 is 11.6 Å². The van der Waals surface area contributed by atoms with Gasteiger partial charge in [-0.2, -0.15) is 0 Å². The molecule has 0 unspecified atom stereocenters. The molecule has 5 nitrogen and oxygen atoms in total. The summed E-state index contributed by atoms with van der Waals surface area (Å²) in [7, 11) is 0. The molecule has 0 radical (unpaired) electrons. The second-order valence-corrected chi connectivity index (χ2v) is 2.54. The highest BCUT2D eigenvalue weighted by Gasteiger charge is 2.18. The molecule has 14 heavy (non-hydrogen) atoms. The van der Waals surface area contributed by atoms with Crippen molar-refractivity contribution in [2.75, 3.05) is 5.73 Å². The molecule has 0 aliphatic rings. The van der Waals surface area contributed by atoms with E-state index in [2.05, 4.69) is 0 Å². The van der Waals surface area contributed by atoms with Crippen LogP contribution in [0.3, 0.4) is 0 Å². The summed E-state index contributed by atoms with van der Waals surface area (Å²) < 4.78 is 24.5. The van der Waals surface area contributed by atoms with Gasteiger partial charge < -0.3 is 16.5 Å². The van der Waals surface area contributed by atoms with Crippen LogP contribution in [0.25, 0.3) is 0 Å². The fraction of sp³-hybridized carbons (Fsp3) is 0.143. The number of aromatic nitrogens is 1. The van der Waals surface area contributed by atoms with Gasteiger partial charge in [-0.3, -0.25) is 9.59 Å². The molecule has 1 aromatic heterocycles. The van der Waals surface area contributed by atoms with Crippen LogP contribution in [0.1, 0.15) is 22.5 Å². The van der Waals surface area contributed by atoms with E-state index in [0.717, 1.165) is 6.07 Å². The smallest absolute Gasteiger partial charge is 0.280 e. The number of hydrogen-bond donors (Lipinski definition) is 3. The summed E-state index contributed by atoms with van der Waals surface area (Å²) in [5, 5.41) is 0. The van der Waals surface area contributed by atoms with E-state index < -0.39 is 34.8 Å². The number of nitrogen functional groups attached to an aromatic ring is 1. The number of alkyl halides is 2. The van der Waals surface area contributed by atoms with Crippen LogP contribution >= 0.6 is 0 Å². The molecule has 76 valence electrons. The Morgan fingerprint density at radius 1 is 1.50 bits per heavy atom. The summed E-state index contributed by atoms with van der Waals surface area (Å²) >= 11 is 0. The first-order valence-electron chi connectivity index (χ1n) is 3.54. The predicted molar refractivity (Wildman–Crippen MR) is 44.9 cm³/mol. The minimum absolute atomic E-state index is 0.399. The number of carbonyl (C=O) groups is 1. The van der Waals surface area contributed by atoms with E-state index in [4.69, 9.17) is 11.5 Å². The first-order chi connectivity index (χ1) is 6.43. The van der Waals surface area contributed by atoms with Crippen LogP contribution in [0.2, 0.25) is 0 Å². The number of primary amides is 1. The fourth-order valence-electron chi connectivity index (χ4n) is 0.966. The maximum absolute atomic E-state index is 12.2. The molecule has 0 saturated heterocycles. The van der Waals surface area contributed by atoms with Gasteiger partial charge in [0.2, 0.25) is 5.56 Å². The molecule has 0 aliphatic heterocycles. The van der Waals surface area contributed by atoms with E-state index in [1.54, 1.807) is 0 Å². The number of nitrogens with two attached hydrogens (primary N) is 2. The number of hydrogen-bond acceptors (Lipinski definition) is 3. The van der Waals surface area contributed by atoms with Crippen LogP contribution in [0.4, 0.5) is 14.5 Å². The third-order valence-corrected chi connectivity index (χ3v) is 1.60. The van der Waals surface area contributed by atoms with Crippen molar-refractivity contribution in [3.8, 4) is 0 Å². The molecule has 5 N–H and O–H groups in total. The molecule has 1 heterocycles. The standard InChI is InChI=1S/C7H7F2N3O2/c8-6(9)5-4(10)2(7(11)14)1-3(13)12-5/h1,6H,10H2,(H2,11,14)(H,12,13). The quantitative estimate of drug-likeness (QED) is 0.630. The number of nitrogens with one attached hydrogen (secondary N) is 1. The highest BCUT2D eigenvalue weighted by atomic mass is 19.3. The fourth-order valence-corrected chi connectivity index (χ4v) is 0.966. The van der Waals surface area contributed by atoms with Gasteiger partial charge in [0.15, 0.2) is 0 Å². The van der Waals surface area contributed by atoms with Crippen LogP contribution in [0, 0.1) is 0 Å². The molecule has 7 heteroatoms. The lowest BCUT2D eigenvalue weighted by Gasteiger charge is -2.06. The molecule has 0 atom stereocenters. The third kappa shape index (κ3) is 1.70. The Bertz CT molecular complexity index is 427. The van der Waals surface area contributed by atoms with Gasteiger partial charge in [0.1, 0.15) is 5.69 Å². The van der Waals surface area contributed by atoms with Gasteiger partial charge in [-0.25, -0.2) is 8.78 Å². The predicted octanol–water partition coefficient (Wildman–Crippen LogP) is -0.00640. The van der Waals surface area contributed by atoms with Gasteiger partial charge in [0.05, 0.1) is 11.3 Å². The number of pyridine rings is 1. The number of amides is 1. The summed E-state index contributed by atoms with van der Waals surface area (Å²) in [5.74, 6) is -1.02. The second-order valence-electron chi connectivity index (χ2n) is 2.54. The van der Waals surface area contributed by atoms with Crippen molar-refractivity contribution in [2.45, 2.75) is 6.43 Å². The van der Waals surface area contributed by atoms with E-state index in [-0.39, 0.29) is 0 Å². The van der Waals surface area contributed by atoms with Gasteiger partial charge in [-0.15, -0.1) is 0 Å². The average Bonchev–Trinajstić information content (AvgIpc) is 2.07. The molecule has 1 rings (SSSR count). The number of anilines is 1. The molecular weight excluding hydrogens is 196 g/mol. The van der Waals surface area contributed by atoms with Gasteiger partial charge in [0.25, 0.3) is 12.3 Å². The molecule has 0 fully saturated rings. The zero-order valence-corrected chi connectivity index (χ0v) is 6.88. The zero-order chi connectivity index (χ0) is 10.9. The molecule has 0 aliphatic carbocycles. The molecule has 1 aromatic rings. The Hall–Kier alpha value is -1.92. The highest BCUT2D eigenvalue weighted by Crippen LogP contribution is 2.23. The van der Waals surface area contributed by atoms with Crippen LogP contribution in [-0.4, -0.2) is 10.9 Å². The van der Waals surface area contributed by atoms with Crippen molar-refractivity contribution in [3.63, 3.8) is 0 Å². The maximum Gasteiger partial charge on any atom is 0.280 e. The Labute approximate surface area is 76.7 Å². The lowest BCUT2D eigenvalue weighted by molar-refractivity contribution is 0.100. The number of rotatable bonds is 2. The molecular formula is C7H7F2N3O2. The molecule has 0 spiro atoms. The lowest BCUT2D eigenvalue weighted by Crippen LogP contribution is -2.21. The van der Waals surface area contributed by atoms with E-state index in [0.29, 0.717) is 0 Å². The normalized spacial score (nSPS) is 10.5. The SMILES string of the molecule is NC(=O)c1cc(=O)[nH]c(C(F)F)c1N. The monoisotopic (exact) mass is 203 g/mol. The van der Waals surface area contributed by atoms with Gasteiger partial charge >= 0.3 is 0 Å². The first-order valence-corrected chi connectivity index (χ1v) is 3.54. The van der Waals surface area contributed by atoms with Crippen molar-refractivity contribution in [2.24, 2.45) is 5.73 Å². The number of aromatic amines is 1. The Balaban J connectivity index is 3.48. The van der Waals surface area contributed by atoms with E-state index in [1.165, 1.54) is 0 Å². The van der Waals surface area contributed by atoms with Crippen LogP contribution < -0.4 is 17.0 Å². The topological polar surface area (TPSA) is 102 Å². The summed E-state index contributed by atoms with van der Waals surface area (Å²) in [5.41, 5.74) is 7.52. The van der Waals surface area contributed by atoms with E-state index in [1.807, 2.05) is 4.98 Å². The average molecular weight is 203 g/mol. The number of H-pyrrole nitrogens is 1. The minimum atomic E-state index is -2.96. The highest BCUT2D eigenvalue weighted by molar-refractivity contribution is 5.98. The Morgan fingerprint density at radius 3 is 2.50 bits per heavy atom. The first kappa shape index (κ1) is 10.2. The maximum atomic E-state index is 12.2. The van der Waals surface area contributed by atoms with Crippen LogP contribution in [0.15, 0.2) is 10.9 Å². The summed E-state index contributed by atoms with van der Waals surface area (Å²) in [4.78, 5) is 23.3. The Kier molecular flexibility index (Phi) is 2.50. The van der Waals surface area contributed by atoms with Crippen LogP contribution in [-0.2, 0) is 0 Å². The van der Waals surface area contributed by atoms with Crippen LogP contribution in [0.5, 0.6) is 0 Å². The van der Waals surface area contributed by atoms with Crippen molar-refractivity contribution < 1.29 is 13.6 Å².